The summed E-state index contributed by atoms with van der Waals surface area (Å²) >= 11 is 0. The van der Waals surface area contributed by atoms with Gasteiger partial charge in [0.2, 0.25) is 11.8 Å². The first-order chi connectivity index (χ1) is 28.8. The van der Waals surface area contributed by atoms with Crippen molar-refractivity contribution in [2.24, 2.45) is 0 Å². The fraction of sp³-hybridized carbons (Fsp3) is 0.959. The van der Waals surface area contributed by atoms with Gasteiger partial charge in [-0.1, -0.05) is 214 Å². The third-order valence-electron chi connectivity index (χ3n) is 11.3. The molecule has 0 heterocycles. The van der Waals surface area contributed by atoms with Crippen molar-refractivity contribution in [3.8, 4) is 0 Å². The Balaban J connectivity index is 0. The summed E-state index contributed by atoms with van der Waals surface area (Å²) in [6.07, 6.45) is 41.9. The van der Waals surface area contributed by atoms with Gasteiger partial charge in [0.15, 0.2) is 0 Å². The maximum Gasteiger partial charge on any atom is 0.221 e. The van der Waals surface area contributed by atoms with Crippen molar-refractivity contribution >= 4 is 11.8 Å². The van der Waals surface area contributed by atoms with E-state index in [0.29, 0.717) is 12.8 Å². The highest BCUT2D eigenvalue weighted by Crippen LogP contribution is 2.16. The smallest absolute Gasteiger partial charge is 0.221 e. The number of hydrogen-bond acceptors (Lipinski definition) is 8. The van der Waals surface area contributed by atoms with Gasteiger partial charge in [-0.05, 0) is 44.5 Å². The van der Waals surface area contributed by atoms with Crippen LogP contribution in [0.1, 0.15) is 253 Å². The van der Waals surface area contributed by atoms with Crippen LogP contribution in [-0.2, 0) is 19.3 Å². The highest BCUT2D eigenvalue weighted by Gasteiger charge is 2.18. The third-order valence-corrected chi connectivity index (χ3v) is 11.3. The largest absolute Gasteiger partial charge is 0.394 e. The topological polar surface area (TPSA) is 124 Å². The first-order valence-electron chi connectivity index (χ1n) is 25.4. The highest BCUT2D eigenvalue weighted by atomic mass is 17.0. The summed E-state index contributed by atoms with van der Waals surface area (Å²) in [5, 5.41) is 24.9. The molecule has 0 aromatic heterocycles. The van der Waals surface area contributed by atoms with E-state index < -0.39 is 6.17 Å². The Labute approximate surface area is 366 Å². The van der Waals surface area contributed by atoms with E-state index in [4.69, 9.17) is 19.9 Å². The summed E-state index contributed by atoms with van der Waals surface area (Å²) in [6, 6.07) is 0. The van der Waals surface area contributed by atoms with Crippen LogP contribution in [-0.4, -0.2) is 84.0 Å². The van der Waals surface area contributed by atoms with Crippen LogP contribution in [0.5, 0.6) is 0 Å². The van der Waals surface area contributed by atoms with Crippen molar-refractivity contribution in [3.63, 3.8) is 0 Å². The molecule has 0 rings (SSSR count). The molecule has 2 amide bonds. The minimum atomic E-state index is -0.498. The molecule has 0 aliphatic heterocycles. The van der Waals surface area contributed by atoms with Crippen molar-refractivity contribution in [1.29, 1.82) is 0 Å². The van der Waals surface area contributed by atoms with E-state index in [0.717, 1.165) is 44.0 Å². The molecule has 10 nitrogen and oxygen atoms in total. The lowest BCUT2D eigenvalue weighted by molar-refractivity contribution is -0.391. The molecule has 0 aromatic rings. The zero-order valence-electron chi connectivity index (χ0n) is 40.2. The maximum atomic E-state index is 12.1. The third kappa shape index (κ3) is 43.2. The molecule has 0 aliphatic rings. The van der Waals surface area contributed by atoms with Crippen LogP contribution in [0.25, 0.3) is 0 Å². The van der Waals surface area contributed by atoms with Crippen LogP contribution in [0.15, 0.2) is 0 Å². The molecule has 0 saturated carbocycles. The van der Waals surface area contributed by atoms with Crippen molar-refractivity contribution in [1.82, 2.24) is 20.8 Å². The van der Waals surface area contributed by atoms with Gasteiger partial charge < -0.3 is 20.8 Å². The number of carbonyl (C=O) groups is 2. The van der Waals surface area contributed by atoms with Gasteiger partial charge in [0, 0.05) is 12.8 Å². The number of hydrogen-bond donors (Lipinski definition) is 4. The van der Waals surface area contributed by atoms with E-state index in [-0.39, 0.29) is 44.4 Å². The highest BCUT2D eigenvalue weighted by molar-refractivity contribution is 5.76. The number of hydroxylamine groups is 2. The van der Waals surface area contributed by atoms with Gasteiger partial charge >= 0.3 is 0 Å². The molecular formula is C49H102N4O6. The van der Waals surface area contributed by atoms with Crippen molar-refractivity contribution in [2.45, 2.75) is 266 Å². The number of carbonyl (C=O) groups excluding carboxylic acids is 2. The molecule has 4 N–H and O–H groups in total. The SMILES string of the molecule is CCCCCCCCCCCCCCCCCC(=O)NC(C)N(OCCO)OCCO.CCCCCCCCCCCCCCCCCC(=O)NC(CC)N(CC)CC. The van der Waals surface area contributed by atoms with Crippen LogP contribution < -0.4 is 10.6 Å². The van der Waals surface area contributed by atoms with Gasteiger partial charge in [-0.15, -0.1) is 0 Å². The Hall–Kier alpha value is -1.30. The zero-order valence-corrected chi connectivity index (χ0v) is 40.2. The molecule has 354 valence electrons. The van der Waals surface area contributed by atoms with E-state index in [1.165, 1.54) is 173 Å². The van der Waals surface area contributed by atoms with E-state index in [1.807, 2.05) is 0 Å². The molecule has 0 radical (unpaired) electrons. The minimum Gasteiger partial charge on any atom is -0.394 e. The summed E-state index contributed by atoms with van der Waals surface area (Å²) in [7, 11) is 0. The Morgan fingerprint density at radius 2 is 0.746 bits per heavy atom. The molecule has 2 atom stereocenters. The van der Waals surface area contributed by atoms with Crippen molar-refractivity contribution in [2.75, 3.05) is 39.5 Å². The number of aliphatic hydroxyl groups excluding tert-OH is 2. The summed E-state index contributed by atoms with van der Waals surface area (Å²) < 4.78 is 0. The Kier molecular flexibility index (Phi) is 50.0. The standard InChI is InChI=1S/C25H52N2O.C24H50N2O5/c1-5-9-10-11-12-13-14-15-16-17-18-19-20-21-22-23-25(28)26-24(6-2)27(7-3)8-4;1-3-4-5-6-7-8-9-10-11-12-13-14-15-16-17-18-24(29)25-23(2)26(30-21-19-27)31-22-20-28/h24H,5-23H2,1-4H3,(H,26,28);23,27-28H,3-22H2,1-2H3,(H,25,29). The van der Waals surface area contributed by atoms with Crippen molar-refractivity contribution < 1.29 is 29.5 Å². The van der Waals surface area contributed by atoms with Gasteiger partial charge in [0.05, 0.1) is 32.6 Å². The van der Waals surface area contributed by atoms with Crippen LogP contribution in [0.4, 0.5) is 0 Å². The zero-order chi connectivity index (χ0) is 43.9. The van der Waals surface area contributed by atoms with E-state index in [2.05, 4.69) is 50.2 Å². The van der Waals surface area contributed by atoms with Gasteiger partial charge in [-0.3, -0.25) is 24.2 Å². The fourth-order valence-electron chi connectivity index (χ4n) is 7.57. The fourth-order valence-corrected chi connectivity index (χ4v) is 7.57. The summed E-state index contributed by atoms with van der Waals surface area (Å²) in [5.41, 5.74) is 0. The van der Waals surface area contributed by atoms with Crippen molar-refractivity contribution in [3.05, 3.63) is 0 Å². The normalized spacial score (nSPS) is 12.4. The molecule has 0 aromatic carbocycles. The number of rotatable bonds is 45. The Morgan fingerprint density at radius 3 is 1.02 bits per heavy atom. The average molecular weight is 843 g/mol. The molecule has 0 spiro atoms. The Bertz CT molecular complexity index is 841. The summed E-state index contributed by atoms with van der Waals surface area (Å²) in [4.78, 5) is 37.0. The lowest BCUT2D eigenvalue weighted by Crippen LogP contribution is -2.47. The van der Waals surface area contributed by atoms with Crippen LogP contribution in [0.3, 0.4) is 0 Å². The lowest BCUT2D eigenvalue weighted by atomic mass is 10.0. The maximum absolute atomic E-state index is 12.1. The molecule has 2 unspecified atom stereocenters. The molecule has 59 heavy (non-hydrogen) atoms. The van der Waals surface area contributed by atoms with Crippen LogP contribution in [0, 0.1) is 0 Å². The molecule has 0 aliphatic carbocycles. The number of amides is 2. The van der Waals surface area contributed by atoms with E-state index in [1.54, 1.807) is 6.92 Å². The number of aliphatic hydroxyl groups is 2. The predicted molar refractivity (Wildman–Crippen MR) is 250 cm³/mol. The summed E-state index contributed by atoms with van der Waals surface area (Å²) in [6.45, 7) is 14.6. The second kappa shape index (κ2) is 49.4. The minimum absolute atomic E-state index is 0.0487. The lowest BCUT2D eigenvalue weighted by Gasteiger charge is -2.29. The first kappa shape index (κ1) is 59.8. The number of nitrogens with one attached hydrogen (secondary N) is 2. The molecular weight excluding hydrogens is 741 g/mol. The molecule has 0 saturated heterocycles. The monoisotopic (exact) mass is 843 g/mol. The first-order valence-corrected chi connectivity index (χ1v) is 25.4. The van der Waals surface area contributed by atoms with Crippen LogP contribution in [0.2, 0.25) is 0 Å². The second-order valence-corrected chi connectivity index (χ2v) is 16.8. The van der Waals surface area contributed by atoms with Gasteiger partial charge in [0.25, 0.3) is 0 Å². The number of unbranched alkanes of at least 4 members (excludes halogenated alkanes) is 28. The van der Waals surface area contributed by atoms with E-state index >= 15 is 0 Å². The average Bonchev–Trinajstić information content (AvgIpc) is 3.23. The molecule has 10 heteroatoms. The predicted octanol–water partition coefficient (Wildman–Crippen LogP) is 12.3. The summed E-state index contributed by atoms with van der Waals surface area (Å²) in [5.74, 6) is 0.181. The second-order valence-electron chi connectivity index (χ2n) is 16.8. The van der Waals surface area contributed by atoms with Crippen LogP contribution >= 0.6 is 0 Å². The van der Waals surface area contributed by atoms with E-state index in [9.17, 15) is 9.59 Å². The number of nitrogens with zero attached hydrogens (tertiary/aromatic N) is 2. The van der Waals surface area contributed by atoms with Gasteiger partial charge in [0.1, 0.15) is 6.17 Å². The molecule has 0 bridgehead atoms. The quantitative estimate of drug-likeness (QED) is 0.0271. The van der Waals surface area contributed by atoms with Gasteiger partial charge in [-0.2, -0.15) is 0 Å². The van der Waals surface area contributed by atoms with Gasteiger partial charge in [-0.25, -0.2) is 0 Å². The Morgan fingerprint density at radius 1 is 0.458 bits per heavy atom. The molecule has 0 fully saturated rings.